The van der Waals surface area contributed by atoms with E-state index in [1.165, 1.54) is 327 Å². The first kappa shape index (κ1) is 101. The van der Waals surface area contributed by atoms with Crippen LogP contribution in [-0.2, 0) is 33.2 Å². The fraction of sp³-hybridized carbons (Fsp3) is 0.922. The third kappa shape index (κ3) is 49.0. The van der Waals surface area contributed by atoms with Gasteiger partial charge in [-0.05, 0) is 57.8 Å². The smallest absolute Gasteiger partial charge is 0.220 e. The second-order valence-corrected chi connectivity index (χ2v) is 32.8. The predicted octanol–water partition coefficient (Wildman–Crippen LogP) is 17.4. The van der Waals surface area contributed by atoms with E-state index in [2.05, 4.69) is 43.5 Å². The summed E-state index contributed by atoms with van der Waals surface area (Å²) >= 11 is 0. The molecule has 642 valence electrons. The van der Waals surface area contributed by atoms with Crippen LogP contribution < -0.4 is 5.32 Å². The van der Waals surface area contributed by atoms with Crippen molar-refractivity contribution in [3.8, 4) is 0 Å². The quantitative estimate of drug-likeness (QED) is 0.0199. The fourth-order valence-corrected chi connectivity index (χ4v) is 15.6. The number of aliphatic hydroxyl groups is 11. The van der Waals surface area contributed by atoms with Crippen molar-refractivity contribution in [2.45, 2.75) is 503 Å². The molecule has 0 aromatic rings. The van der Waals surface area contributed by atoms with Crippen LogP contribution in [0, 0.1) is 0 Å². The van der Waals surface area contributed by atoms with E-state index in [1.54, 1.807) is 6.08 Å². The van der Waals surface area contributed by atoms with Gasteiger partial charge in [0.25, 0.3) is 0 Å². The van der Waals surface area contributed by atoms with Crippen LogP contribution in [0.4, 0.5) is 0 Å². The highest BCUT2D eigenvalue weighted by Gasteiger charge is 2.54. The molecule has 12 N–H and O–H groups in total. The Morgan fingerprint density at radius 3 is 0.917 bits per heavy atom. The summed E-state index contributed by atoms with van der Waals surface area (Å²) in [6, 6.07) is -0.991. The zero-order chi connectivity index (χ0) is 78.8. The molecule has 0 saturated carbocycles. The zero-order valence-electron chi connectivity index (χ0n) is 69.3. The number of amides is 1. The summed E-state index contributed by atoms with van der Waals surface area (Å²) < 4.78 is 34.5. The van der Waals surface area contributed by atoms with Gasteiger partial charge < -0.3 is 89.9 Å². The molecule has 1 amide bonds. The molecule has 19 heteroatoms. The lowest BCUT2D eigenvalue weighted by molar-refractivity contribution is -0.379. The van der Waals surface area contributed by atoms with Gasteiger partial charge in [0.05, 0.1) is 38.6 Å². The lowest BCUT2D eigenvalue weighted by Crippen LogP contribution is -2.66. The van der Waals surface area contributed by atoms with Crippen molar-refractivity contribution in [2.24, 2.45) is 0 Å². The number of nitrogens with one attached hydrogen (secondary N) is 1. The summed E-state index contributed by atoms with van der Waals surface area (Å²) in [6.07, 6.45) is 63.1. The third-order valence-corrected chi connectivity index (χ3v) is 22.9. The Morgan fingerprint density at radius 1 is 0.321 bits per heavy atom. The zero-order valence-corrected chi connectivity index (χ0v) is 69.3. The fourth-order valence-electron chi connectivity index (χ4n) is 15.6. The van der Waals surface area contributed by atoms with Crippen molar-refractivity contribution in [3.63, 3.8) is 0 Å². The monoisotopic (exact) mass is 1550 g/mol. The standard InChI is InChI=1S/C90H169NO18/c1-3-5-7-9-11-13-15-17-19-21-23-25-27-29-31-33-35-36-38-39-41-43-45-47-49-51-53-55-57-59-61-63-65-67-74(95)73(91-78(96)68-66-64-62-60-58-56-54-52-50-48-46-44-42-40-37-34-32-30-28-26-24-22-20-18-16-14-12-10-8-6-4-2)72-104-88-84(102)81(99)86(76(70-93)106-88)109-90-85(103)82(100)87(77(71-94)107-90)108-89-83(101)80(98)79(97)75(69-92)105-89/h22,24,57,59,65,67,73-77,79-90,92-95,97-103H,3-21,23,25-56,58,60-64,66,68-72H2,1-2H3,(H,91,96)/b24-22-,59-57+,67-65+. The van der Waals surface area contributed by atoms with Crippen molar-refractivity contribution in [2.75, 3.05) is 26.4 Å². The summed E-state index contributed by atoms with van der Waals surface area (Å²) in [6.45, 7) is 1.79. The highest BCUT2D eigenvalue weighted by Crippen LogP contribution is 2.34. The van der Waals surface area contributed by atoms with Crippen molar-refractivity contribution in [3.05, 3.63) is 36.5 Å². The highest BCUT2D eigenvalue weighted by molar-refractivity contribution is 5.76. The largest absolute Gasteiger partial charge is 0.394 e. The molecule has 19 nitrogen and oxygen atoms in total. The Morgan fingerprint density at radius 2 is 0.587 bits per heavy atom. The van der Waals surface area contributed by atoms with Crippen molar-refractivity contribution in [1.29, 1.82) is 0 Å². The number of rotatable bonds is 75. The molecule has 0 bridgehead atoms. The van der Waals surface area contributed by atoms with Crippen LogP contribution in [0.2, 0.25) is 0 Å². The predicted molar refractivity (Wildman–Crippen MR) is 439 cm³/mol. The third-order valence-electron chi connectivity index (χ3n) is 22.9. The molecule has 0 aliphatic carbocycles. The number of carbonyl (C=O) groups is 1. The molecular formula is C90H169NO18. The minimum atomic E-state index is -1.98. The van der Waals surface area contributed by atoms with E-state index in [4.69, 9.17) is 28.4 Å². The van der Waals surface area contributed by atoms with E-state index in [0.29, 0.717) is 12.8 Å². The lowest BCUT2D eigenvalue weighted by Gasteiger charge is -2.48. The van der Waals surface area contributed by atoms with Crippen LogP contribution in [0.15, 0.2) is 36.5 Å². The Kier molecular flexibility index (Phi) is 65.2. The average Bonchev–Trinajstić information content (AvgIpc) is 0.782. The van der Waals surface area contributed by atoms with Crippen LogP contribution in [0.5, 0.6) is 0 Å². The summed E-state index contributed by atoms with van der Waals surface area (Å²) in [5.74, 6) is -0.277. The summed E-state index contributed by atoms with van der Waals surface area (Å²) in [5.41, 5.74) is 0. The molecule has 0 aromatic heterocycles. The maximum atomic E-state index is 13.5. The molecule has 3 heterocycles. The van der Waals surface area contributed by atoms with Crippen LogP contribution in [0.1, 0.15) is 399 Å². The van der Waals surface area contributed by atoms with Crippen molar-refractivity contribution < 1.29 is 89.4 Å². The van der Waals surface area contributed by atoms with Crippen LogP contribution in [-0.4, -0.2) is 193 Å². The summed E-state index contributed by atoms with van der Waals surface area (Å²) in [4.78, 5) is 13.5. The first-order chi connectivity index (χ1) is 53.3. The molecule has 3 aliphatic rings. The Balaban J connectivity index is 1.33. The molecule has 0 aromatic carbocycles. The minimum Gasteiger partial charge on any atom is -0.394 e. The van der Waals surface area contributed by atoms with Crippen molar-refractivity contribution >= 4 is 5.91 Å². The Labute approximate surface area is 663 Å². The molecule has 3 fully saturated rings. The normalized spacial score (nSPS) is 25.4. The van der Waals surface area contributed by atoms with E-state index in [0.717, 1.165) is 38.5 Å². The molecular weight excluding hydrogens is 1380 g/mol. The highest BCUT2D eigenvalue weighted by atomic mass is 16.8. The maximum Gasteiger partial charge on any atom is 0.220 e. The van der Waals surface area contributed by atoms with Crippen LogP contribution in [0.25, 0.3) is 0 Å². The molecule has 3 aliphatic heterocycles. The summed E-state index contributed by atoms with van der Waals surface area (Å²) in [7, 11) is 0. The van der Waals surface area contributed by atoms with Gasteiger partial charge in [0.1, 0.15) is 73.2 Å². The molecule has 3 rings (SSSR count). The first-order valence-corrected chi connectivity index (χ1v) is 45.7. The second kappa shape index (κ2) is 70.2. The van der Waals surface area contributed by atoms with E-state index >= 15 is 0 Å². The van der Waals surface area contributed by atoms with E-state index in [9.17, 15) is 61.0 Å². The minimum absolute atomic E-state index is 0.239. The molecule has 3 saturated heterocycles. The molecule has 0 radical (unpaired) electrons. The molecule has 17 unspecified atom stereocenters. The topological polar surface area (TPSA) is 307 Å². The van der Waals surface area contributed by atoms with Crippen LogP contribution >= 0.6 is 0 Å². The number of hydrogen-bond acceptors (Lipinski definition) is 18. The van der Waals surface area contributed by atoms with Crippen LogP contribution in [0.3, 0.4) is 0 Å². The lowest BCUT2D eigenvalue weighted by atomic mass is 9.96. The molecule has 17 atom stereocenters. The van der Waals surface area contributed by atoms with E-state index < -0.39 is 124 Å². The van der Waals surface area contributed by atoms with E-state index in [1.807, 2.05) is 6.08 Å². The van der Waals surface area contributed by atoms with Gasteiger partial charge in [-0.2, -0.15) is 0 Å². The van der Waals surface area contributed by atoms with Gasteiger partial charge in [0.2, 0.25) is 5.91 Å². The van der Waals surface area contributed by atoms with Gasteiger partial charge in [0.15, 0.2) is 18.9 Å². The van der Waals surface area contributed by atoms with Gasteiger partial charge in [-0.15, -0.1) is 0 Å². The average molecular weight is 1550 g/mol. The maximum absolute atomic E-state index is 13.5. The molecule has 0 spiro atoms. The van der Waals surface area contributed by atoms with Gasteiger partial charge in [-0.1, -0.05) is 371 Å². The Hall–Kier alpha value is -1.99. The number of allylic oxidation sites excluding steroid dienone is 5. The first-order valence-electron chi connectivity index (χ1n) is 45.7. The second-order valence-electron chi connectivity index (χ2n) is 32.8. The number of unbranched alkanes of at least 4 members (excludes halogenated alkanes) is 55. The Bertz CT molecular complexity index is 2100. The number of ether oxygens (including phenoxy) is 6. The van der Waals surface area contributed by atoms with Gasteiger partial charge >= 0.3 is 0 Å². The number of carbonyl (C=O) groups excluding carboxylic acids is 1. The molecule has 109 heavy (non-hydrogen) atoms. The number of aliphatic hydroxyl groups excluding tert-OH is 11. The van der Waals surface area contributed by atoms with Gasteiger partial charge in [0, 0.05) is 6.42 Å². The van der Waals surface area contributed by atoms with E-state index in [-0.39, 0.29) is 18.9 Å². The number of hydrogen-bond donors (Lipinski definition) is 12. The van der Waals surface area contributed by atoms with Gasteiger partial charge in [-0.3, -0.25) is 4.79 Å². The van der Waals surface area contributed by atoms with Gasteiger partial charge in [-0.25, -0.2) is 0 Å². The SMILES string of the molecule is CCCCCCCCCC/C=C\CCCCCCCCCCCCCCCCCCCCCC(=O)NC(COC1OC(CO)C(OC2OC(CO)C(OC3OC(CO)C(O)C(O)C3O)C(O)C2O)C(O)C1O)C(O)/C=C/CC/C=C/CCCCCCCCCCCCCCCCCCCCCCCCCCCCC. The van der Waals surface area contributed by atoms with Crippen molar-refractivity contribution in [1.82, 2.24) is 5.32 Å². The summed E-state index contributed by atoms with van der Waals surface area (Å²) in [5, 5.41) is 121.